The van der Waals surface area contributed by atoms with Crippen molar-refractivity contribution < 1.29 is 26.4 Å². The van der Waals surface area contributed by atoms with Crippen LogP contribution in [0.2, 0.25) is 5.02 Å². The summed E-state index contributed by atoms with van der Waals surface area (Å²) in [5.41, 5.74) is -1.13. The highest BCUT2D eigenvalue weighted by Crippen LogP contribution is 2.33. The fourth-order valence-corrected chi connectivity index (χ4v) is 5.21. The zero-order chi connectivity index (χ0) is 20.9. The number of hydrogen-bond donors (Lipinski definition) is 2. The van der Waals surface area contributed by atoms with Crippen molar-refractivity contribution in [1.82, 2.24) is 10.0 Å². The maximum absolute atomic E-state index is 12.9. The van der Waals surface area contributed by atoms with Crippen LogP contribution in [0.5, 0.6) is 0 Å². The minimum Gasteiger partial charge on any atom is -0.352 e. The fraction of sp³-hybridized carbons (Fsp3) is 0.588. The summed E-state index contributed by atoms with van der Waals surface area (Å²) in [7, 11) is -4.43. The van der Waals surface area contributed by atoms with Gasteiger partial charge in [-0.3, -0.25) is 4.79 Å². The van der Waals surface area contributed by atoms with Gasteiger partial charge in [0.25, 0.3) is 0 Å². The van der Waals surface area contributed by atoms with E-state index in [1.165, 1.54) is 11.8 Å². The van der Waals surface area contributed by atoms with Crippen LogP contribution < -0.4 is 10.0 Å². The highest BCUT2D eigenvalue weighted by atomic mass is 35.5. The Balaban J connectivity index is 2.25. The van der Waals surface area contributed by atoms with Gasteiger partial charge in [0.05, 0.1) is 10.6 Å². The SMILES string of the molecule is CSCCC(NS(=O)(=O)c1cc(C(F)(F)F)ccc1Cl)C(=O)NC1CCCC1. The monoisotopic (exact) mass is 458 g/mol. The lowest BCUT2D eigenvalue weighted by Crippen LogP contribution is -2.49. The van der Waals surface area contributed by atoms with E-state index in [9.17, 15) is 26.4 Å². The number of sulfonamides is 1. The molecule has 1 fully saturated rings. The lowest BCUT2D eigenvalue weighted by Gasteiger charge is -2.21. The summed E-state index contributed by atoms with van der Waals surface area (Å²) in [4.78, 5) is 11.9. The van der Waals surface area contributed by atoms with Gasteiger partial charge >= 0.3 is 6.18 Å². The number of thioether (sulfide) groups is 1. The number of carbonyl (C=O) groups is 1. The van der Waals surface area contributed by atoms with Gasteiger partial charge in [0, 0.05) is 6.04 Å². The van der Waals surface area contributed by atoms with E-state index in [-0.39, 0.29) is 17.5 Å². The molecule has 0 radical (unpaired) electrons. The molecule has 158 valence electrons. The molecule has 2 N–H and O–H groups in total. The molecule has 0 spiro atoms. The van der Waals surface area contributed by atoms with E-state index in [0.717, 1.165) is 31.7 Å². The van der Waals surface area contributed by atoms with Crippen molar-refractivity contribution in [2.45, 2.75) is 55.3 Å². The number of amides is 1. The average molecular weight is 459 g/mol. The normalized spacial score (nSPS) is 16.9. The zero-order valence-electron chi connectivity index (χ0n) is 15.2. The maximum atomic E-state index is 12.9. The summed E-state index contributed by atoms with van der Waals surface area (Å²) in [6, 6.07) is 0.966. The number of nitrogens with one attached hydrogen (secondary N) is 2. The first-order valence-electron chi connectivity index (χ1n) is 8.73. The van der Waals surface area contributed by atoms with Gasteiger partial charge in [-0.05, 0) is 49.5 Å². The quantitative estimate of drug-likeness (QED) is 0.621. The molecule has 0 heterocycles. The Bertz CT molecular complexity index is 797. The predicted octanol–water partition coefficient (Wildman–Crippen LogP) is 3.82. The lowest BCUT2D eigenvalue weighted by atomic mass is 10.2. The van der Waals surface area contributed by atoms with Gasteiger partial charge in [0.2, 0.25) is 15.9 Å². The molecule has 28 heavy (non-hydrogen) atoms. The minimum absolute atomic E-state index is 0.00840. The number of hydrogen-bond acceptors (Lipinski definition) is 4. The van der Waals surface area contributed by atoms with Crippen LogP contribution in [0.25, 0.3) is 0 Å². The fourth-order valence-electron chi connectivity index (χ4n) is 2.99. The van der Waals surface area contributed by atoms with E-state index < -0.39 is 38.6 Å². The third-order valence-corrected chi connectivity index (χ3v) is 7.07. The standard InChI is InChI=1S/C17H22ClF3N2O3S2/c1-27-9-8-14(16(24)22-12-4-2-3-5-12)23-28(25,26)15-10-11(17(19,20)21)6-7-13(15)18/h6-7,10,12,14,23H,2-5,8-9H2,1H3,(H,22,24). The third kappa shape index (κ3) is 6.27. The molecule has 0 aliphatic heterocycles. The molecule has 1 saturated carbocycles. The van der Waals surface area contributed by atoms with Crippen LogP contribution in [0.3, 0.4) is 0 Å². The first-order chi connectivity index (χ1) is 13.0. The van der Waals surface area contributed by atoms with Crippen molar-refractivity contribution in [3.63, 3.8) is 0 Å². The molecule has 1 amide bonds. The van der Waals surface area contributed by atoms with Crippen LogP contribution in [0, 0.1) is 0 Å². The van der Waals surface area contributed by atoms with Crippen LogP contribution in [0.15, 0.2) is 23.1 Å². The minimum atomic E-state index is -4.72. The molecule has 1 aromatic carbocycles. The lowest BCUT2D eigenvalue weighted by molar-refractivity contribution is -0.137. The highest BCUT2D eigenvalue weighted by molar-refractivity contribution is 7.98. The Morgan fingerprint density at radius 2 is 1.96 bits per heavy atom. The molecule has 1 aliphatic rings. The molecule has 11 heteroatoms. The summed E-state index contributed by atoms with van der Waals surface area (Å²) in [6.45, 7) is 0. The predicted molar refractivity (Wildman–Crippen MR) is 104 cm³/mol. The van der Waals surface area contributed by atoms with Gasteiger partial charge in [0.15, 0.2) is 0 Å². The number of carbonyl (C=O) groups excluding carboxylic acids is 1. The van der Waals surface area contributed by atoms with E-state index in [1.54, 1.807) is 0 Å². The third-order valence-electron chi connectivity index (χ3n) is 4.47. The Labute approximate surface area is 171 Å². The van der Waals surface area contributed by atoms with Crippen molar-refractivity contribution in [1.29, 1.82) is 0 Å². The van der Waals surface area contributed by atoms with Gasteiger partial charge in [-0.25, -0.2) is 8.42 Å². The van der Waals surface area contributed by atoms with Crippen LogP contribution in [-0.2, 0) is 21.0 Å². The number of alkyl halides is 3. The molecular weight excluding hydrogens is 437 g/mol. The zero-order valence-corrected chi connectivity index (χ0v) is 17.6. The summed E-state index contributed by atoms with van der Waals surface area (Å²) < 4.78 is 66.5. The van der Waals surface area contributed by atoms with Gasteiger partial charge in [-0.1, -0.05) is 24.4 Å². The highest BCUT2D eigenvalue weighted by Gasteiger charge is 2.34. The second kappa shape index (κ2) is 9.69. The molecule has 1 aromatic rings. The Morgan fingerprint density at radius 3 is 2.54 bits per heavy atom. The van der Waals surface area contributed by atoms with Crippen molar-refractivity contribution in [3.05, 3.63) is 28.8 Å². The van der Waals surface area contributed by atoms with Crippen molar-refractivity contribution in [3.8, 4) is 0 Å². The maximum Gasteiger partial charge on any atom is 0.416 e. The van der Waals surface area contributed by atoms with Gasteiger partial charge in [-0.2, -0.15) is 29.7 Å². The molecule has 5 nitrogen and oxygen atoms in total. The van der Waals surface area contributed by atoms with E-state index in [2.05, 4.69) is 10.0 Å². The molecule has 2 rings (SSSR count). The Hall–Kier alpha value is -0.970. The average Bonchev–Trinajstić information content (AvgIpc) is 3.10. The summed E-state index contributed by atoms with van der Waals surface area (Å²) in [5.74, 6) is 0.0225. The number of halogens is 4. The van der Waals surface area contributed by atoms with Crippen molar-refractivity contribution in [2.75, 3.05) is 12.0 Å². The summed E-state index contributed by atoms with van der Waals surface area (Å²) in [5, 5.41) is 2.48. The van der Waals surface area contributed by atoms with Crippen LogP contribution in [0.4, 0.5) is 13.2 Å². The van der Waals surface area contributed by atoms with Crippen molar-refractivity contribution in [2.24, 2.45) is 0 Å². The molecule has 1 aliphatic carbocycles. The van der Waals surface area contributed by atoms with E-state index in [0.29, 0.717) is 17.9 Å². The summed E-state index contributed by atoms with van der Waals surface area (Å²) in [6.07, 6.45) is 0.935. The smallest absolute Gasteiger partial charge is 0.352 e. The summed E-state index contributed by atoms with van der Waals surface area (Å²) >= 11 is 7.28. The number of benzene rings is 1. The molecule has 1 unspecified atom stereocenters. The Kier molecular flexibility index (Phi) is 8.06. The van der Waals surface area contributed by atoms with Crippen LogP contribution >= 0.6 is 23.4 Å². The molecule has 0 saturated heterocycles. The molecular formula is C17H22ClF3N2O3S2. The first-order valence-corrected chi connectivity index (χ1v) is 12.0. The largest absolute Gasteiger partial charge is 0.416 e. The molecule has 1 atom stereocenters. The first kappa shape index (κ1) is 23.3. The second-order valence-corrected chi connectivity index (χ2v) is 9.66. The van der Waals surface area contributed by atoms with E-state index in [4.69, 9.17) is 11.6 Å². The number of rotatable bonds is 8. The van der Waals surface area contributed by atoms with Gasteiger partial charge in [-0.15, -0.1) is 0 Å². The van der Waals surface area contributed by atoms with Gasteiger partial charge < -0.3 is 5.32 Å². The molecule has 0 aromatic heterocycles. The van der Waals surface area contributed by atoms with Crippen LogP contribution in [0.1, 0.15) is 37.7 Å². The van der Waals surface area contributed by atoms with Crippen molar-refractivity contribution >= 4 is 39.3 Å². The van der Waals surface area contributed by atoms with E-state index in [1.807, 2.05) is 6.26 Å². The molecule has 0 bridgehead atoms. The van der Waals surface area contributed by atoms with Gasteiger partial charge in [0.1, 0.15) is 10.9 Å². The van der Waals surface area contributed by atoms with E-state index >= 15 is 0 Å². The Morgan fingerprint density at radius 1 is 1.32 bits per heavy atom. The second-order valence-electron chi connectivity index (χ2n) is 6.59. The van der Waals surface area contributed by atoms with Crippen LogP contribution in [-0.4, -0.2) is 38.4 Å². The topological polar surface area (TPSA) is 75.3 Å².